The van der Waals surface area contributed by atoms with Gasteiger partial charge in [0.15, 0.2) is 6.40 Å². The van der Waals surface area contributed by atoms with Crippen LogP contribution in [0.2, 0.25) is 0 Å². The van der Waals surface area contributed by atoms with Gasteiger partial charge >= 0.3 is 20.2 Å². The molecule has 9 nitrogen and oxygen atoms in total. The minimum atomic E-state index is -0.522. The maximum Gasteiger partial charge on any atom is 0.407 e. The van der Waals surface area contributed by atoms with E-state index in [2.05, 4.69) is 15.6 Å². The molecule has 0 unspecified atom stereocenters. The number of hydrogen-bond acceptors (Lipinski definition) is 7. The summed E-state index contributed by atoms with van der Waals surface area (Å²) in [5.74, 6) is 0. The summed E-state index contributed by atoms with van der Waals surface area (Å²) >= 11 is 0. The van der Waals surface area contributed by atoms with Crippen LogP contribution < -0.4 is 16.4 Å². The maximum absolute atomic E-state index is 11.8. The number of amides is 2. The standard InChI is InChI=1S/C21H43BN4O5/c1-19(2,3)30-17(27)25-14-8-11-21(23,10-7-13-24-16-29-22)12-9-15-26-18(28)31-20(4,5)6/h16H,7-15,22-23H2,1-6H3,(H,25,27)(H,26,28). The molecule has 0 saturated carbocycles. The average Bonchev–Trinajstić information content (AvgIpc) is 2.60. The van der Waals surface area contributed by atoms with Crippen LogP contribution in [0.4, 0.5) is 9.59 Å². The summed E-state index contributed by atoms with van der Waals surface area (Å²) in [6, 6.07) is 0. The Balaban J connectivity index is 4.49. The lowest BCUT2D eigenvalue weighted by Gasteiger charge is -2.30. The van der Waals surface area contributed by atoms with Gasteiger partial charge in [0.05, 0.1) is 0 Å². The van der Waals surface area contributed by atoms with Crippen molar-refractivity contribution in [2.24, 2.45) is 10.7 Å². The SMILES string of the molecule is BOC=NCCCC(N)(CCCNC(=O)OC(C)(C)C)CCCNC(=O)OC(C)(C)C. The Hall–Kier alpha value is -1.97. The van der Waals surface area contributed by atoms with Crippen molar-refractivity contribution in [1.29, 1.82) is 0 Å². The van der Waals surface area contributed by atoms with E-state index in [0.717, 1.165) is 38.5 Å². The van der Waals surface area contributed by atoms with Gasteiger partial charge in [-0.2, -0.15) is 0 Å². The van der Waals surface area contributed by atoms with Crippen molar-refractivity contribution in [3.8, 4) is 0 Å². The molecule has 0 fully saturated rings. The Labute approximate surface area is 188 Å². The van der Waals surface area contributed by atoms with Gasteiger partial charge in [0.1, 0.15) is 11.2 Å². The molecule has 0 spiro atoms. The number of nitrogens with two attached hydrogens (primary N) is 1. The molecule has 2 amide bonds. The van der Waals surface area contributed by atoms with Crippen molar-refractivity contribution < 1.29 is 23.7 Å². The molecule has 0 saturated heterocycles. The van der Waals surface area contributed by atoms with Gasteiger partial charge in [-0.25, -0.2) is 9.59 Å². The molecule has 0 aliphatic carbocycles. The third kappa shape index (κ3) is 18.5. The lowest BCUT2D eigenvalue weighted by atomic mass is 9.85. The van der Waals surface area contributed by atoms with Crippen LogP contribution in [0.25, 0.3) is 0 Å². The second-order valence-corrected chi connectivity index (χ2v) is 9.78. The second kappa shape index (κ2) is 14.2. The third-order valence-electron chi connectivity index (χ3n) is 4.18. The lowest BCUT2D eigenvalue weighted by molar-refractivity contribution is 0.0516. The van der Waals surface area contributed by atoms with Crippen molar-refractivity contribution in [2.75, 3.05) is 19.6 Å². The van der Waals surface area contributed by atoms with Crippen molar-refractivity contribution in [3.05, 3.63) is 0 Å². The van der Waals surface area contributed by atoms with E-state index in [0.29, 0.717) is 19.6 Å². The molecule has 31 heavy (non-hydrogen) atoms. The molecule has 0 atom stereocenters. The number of rotatable bonds is 13. The predicted octanol–water partition coefficient (Wildman–Crippen LogP) is 2.67. The van der Waals surface area contributed by atoms with Gasteiger partial charge in [0.2, 0.25) is 0 Å². The summed E-state index contributed by atoms with van der Waals surface area (Å²) in [4.78, 5) is 27.7. The Morgan fingerprint density at radius 3 is 1.68 bits per heavy atom. The second-order valence-electron chi connectivity index (χ2n) is 9.78. The Kier molecular flexibility index (Phi) is 13.3. The number of carbonyl (C=O) groups excluding carboxylic acids is 2. The fourth-order valence-electron chi connectivity index (χ4n) is 2.91. The van der Waals surface area contributed by atoms with E-state index >= 15 is 0 Å². The average molecular weight is 442 g/mol. The van der Waals surface area contributed by atoms with Crippen LogP contribution in [0, 0.1) is 0 Å². The number of carbonyl (C=O) groups is 2. The molecule has 0 aromatic rings. The first-order valence-corrected chi connectivity index (χ1v) is 11.0. The van der Waals surface area contributed by atoms with Crippen molar-refractivity contribution in [3.63, 3.8) is 0 Å². The minimum Gasteiger partial charge on any atom is -0.560 e. The Morgan fingerprint density at radius 2 is 1.29 bits per heavy atom. The zero-order valence-electron chi connectivity index (χ0n) is 20.5. The minimum absolute atomic E-state index is 0.409. The van der Waals surface area contributed by atoms with Gasteiger partial charge < -0.3 is 30.5 Å². The number of ether oxygens (including phenoxy) is 2. The van der Waals surface area contributed by atoms with Gasteiger partial charge in [-0.1, -0.05) is 0 Å². The van der Waals surface area contributed by atoms with Crippen LogP contribution in [0.15, 0.2) is 4.99 Å². The molecule has 180 valence electrons. The molecule has 0 rings (SSSR count). The summed E-state index contributed by atoms with van der Waals surface area (Å²) in [5.41, 5.74) is 5.23. The van der Waals surface area contributed by atoms with Crippen LogP contribution in [0.5, 0.6) is 0 Å². The molecule has 0 aromatic carbocycles. The van der Waals surface area contributed by atoms with E-state index in [-0.39, 0.29) is 0 Å². The highest BCUT2D eigenvalue weighted by atomic mass is 16.6. The fourth-order valence-corrected chi connectivity index (χ4v) is 2.91. The van der Waals surface area contributed by atoms with Crippen LogP contribution in [0.1, 0.15) is 80.1 Å². The third-order valence-corrected chi connectivity index (χ3v) is 4.18. The normalized spacial score (nSPS) is 12.5. The summed E-state index contributed by atoms with van der Waals surface area (Å²) in [6.45, 7) is 12.6. The molecule has 0 aliphatic rings. The maximum atomic E-state index is 11.8. The zero-order chi connectivity index (χ0) is 24.0. The van der Waals surface area contributed by atoms with Crippen LogP contribution in [0.3, 0.4) is 0 Å². The highest BCUT2D eigenvalue weighted by Crippen LogP contribution is 2.22. The Bertz CT molecular complexity index is 523. The number of nitrogens with zero attached hydrogens (tertiary/aromatic N) is 1. The number of alkyl carbamates (subject to hydrolysis) is 2. The Morgan fingerprint density at radius 1 is 0.871 bits per heavy atom. The topological polar surface area (TPSA) is 124 Å². The molecule has 0 heterocycles. The molecule has 4 N–H and O–H groups in total. The van der Waals surface area contributed by atoms with Gasteiger partial charge in [-0.05, 0) is 80.1 Å². The molecule has 0 aliphatic heterocycles. The van der Waals surface area contributed by atoms with Crippen molar-refractivity contribution in [1.82, 2.24) is 10.6 Å². The highest BCUT2D eigenvalue weighted by molar-refractivity contribution is 6.02. The fraction of sp³-hybridized carbons (Fsp3) is 0.857. The van der Waals surface area contributed by atoms with Gasteiger partial charge in [-0.15, -0.1) is 0 Å². The highest BCUT2D eigenvalue weighted by Gasteiger charge is 2.24. The van der Waals surface area contributed by atoms with Crippen LogP contribution >= 0.6 is 0 Å². The van der Waals surface area contributed by atoms with E-state index in [1.165, 1.54) is 6.40 Å². The van der Waals surface area contributed by atoms with E-state index < -0.39 is 28.9 Å². The number of aliphatic imine (C=N–C) groups is 1. The first-order chi connectivity index (χ1) is 14.3. The number of nitrogens with one attached hydrogen (secondary N) is 2. The largest absolute Gasteiger partial charge is 0.560 e. The zero-order valence-corrected chi connectivity index (χ0v) is 20.5. The monoisotopic (exact) mass is 442 g/mol. The summed E-state index contributed by atoms with van der Waals surface area (Å²) in [7, 11) is 1.56. The first kappa shape index (κ1) is 29.0. The van der Waals surface area contributed by atoms with E-state index in [1.807, 2.05) is 41.5 Å². The van der Waals surface area contributed by atoms with E-state index in [9.17, 15) is 9.59 Å². The molecule has 0 bridgehead atoms. The van der Waals surface area contributed by atoms with Crippen LogP contribution in [-0.2, 0) is 14.1 Å². The first-order valence-electron chi connectivity index (χ1n) is 11.0. The van der Waals surface area contributed by atoms with Gasteiger partial charge in [0, 0.05) is 25.2 Å². The van der Waals surface area contributed by atoms with Gasteiger partial charge in [-0.3, -0.25) is 4.99 Å². The van der Waals surface area contributed by atoms with Gasteiger partial charge in [0.25, 0.3) is 0 Å². The summed E-state index contributed by atoms with van der Waals surface area (Å²) in [5, 5.41) is 5.54. The van der Waals surface area contributed by atoms with E-state index in [4.69, 9.17) is 19.9 Å². The smallest absolute Gasteiger partial charge is 0.407 e. The van der Waals surface area contributed by atoms with E-state index in [1.54, 1.807) is 8.05 Å². The molecule has 10 heteroatoms. The summed E-state index contributed by atoms with van der Waals surface area (Å²) < 4.78 is 15.3. The van der Waals surface area contributed by atoms with Crippen LogP contribution in [-0.4, -0.2) is 63.0 Å². The lowest BCUT2D eigenvalue weighted by Crippen LogP contribution is -2.42. The molecule has 0 aromatic heterocycles. The molecular weight excluding hydrogens is 399 g/mol. The molecular formula is C21H43BN4O5. The van der Waals surface area contributed by atoms with Crippen molar-refractivity contribution >= 4 is 26.6 Å². The number of hydrogen-bond donors (Lipinski definition) is 3. The summed E-state index contributed by atoms with van der Waals surface area (Å²) in [6.07, 6.45) is 5.13. The van der Waals surface area contributed by atoms with Crippen molar-refractivity contribution in [2.45, 2.75) is 96.8 Å². The quantitative estimate of drug-likeness (QED) is 0.174. The predicted molar refractivity (Wildman–Crippen MR) is 126 cm³/mol. The molecule has 0 radical (unpaired) electrons.